The van der Waals surface area contributed by atoms with Gasteiger partial charge in [-0.3, -0.25) is 5.43 Å². The number of hydrazone groups is 1. The molecule has 0 aliphatic heterocycles. The van der Waals surface area contributed by atoms with Crippen molar-refractivity contribution in [1.29, 1.82) is 0 Å². The van der Waals surface area contributed by atoms with Gasteiger partial charge >= 0.3 is 0 Å². The molecule has 2 rings (SSSR count). The van der Waals surface area contributed by atoms with Gasteiger partial charge in [0.05, 0.1) is 9.72 Å². The van der Waals surface area contributed by atoms with E-state index in [-0.39, 0.29) is 5.41 Å². The highest BCUT2D eigenvalue weighted by Gasteiger charge is 2.09. The van der Waals surface area contributed by atoms with Crippen LogP contribution in [0.4, 0.5) is 5.13 Å². The Bertz CT molecular complexity index is 599. The molecule has 0 saturated carbocycles. The average Bonchev–Trinajstić information content (AvgIpc) is 2.58. The number of halogens is 2. The minimum absolute atomic E-state index is 0.0324. The standard InChI is InChI=1S/C12H13Cl2N3S/c1-12(2,3)6-15-17-11-16-10-8(14)4-7(13)5-9(10)18-11/h4-6H,1-3H3,(H,16,17)/b15-6+. The predicted octanol–water partition coefficient (Wildman–Crippen LogP) is 5.05. The Kier molecular flexibility index (Phi) is 3.80. The third kappa shape index (κ3) is 3.34. The molecule has 0 spiro atoms. The molecule has 0 aliphatic rings. The Morgan fingerprint density at radius 2 is 2.06 bits per heavy atom. The van der Waals surface area contributed by atoms with E-state index in [9.17, 15) is 0 Å². The summed E-state index contributed by atoms with van der Waals surface area (Å²) >= 11 is 13.5. The van der Waals surface area contributed by atoms with Crippen molar-refractivity contribution < 1.29 is 0 Å². The second kappa shape index (κ2) is 5.03. The fraction of sp³-hybridized carbons (Fsp3) is 0.333. The predicted molar refractivity (Wildman–Crippen MR) is 81.2 cm³/mol. The molecular formula is C12H13Cl2N3S. The SMILES string of the molecule is CC(C)(C)/C=N/Nc1nc2c(Cl)cc(Cl)cc2s1. The highest BCUT2D eigenvalue weighted by Crippen LogP contribution is 2.33. The molecule has 0 atom stereocenters. The lowest BCUT2D eigenvalue weighted by Gasteiger charge is -2.09. The van der Waals surface area contributed by atoms with Gasteiger partial charge in [0.2, 0.25) is 5.13 Å². The Morgan fingerprint density at radius 3 is 2.72 bits per heavy atom. The third-order valence-corrected chi connectivity index (χ3v) is 3.44. The summed E-state index contributed by atoms with van der Waals surface area (Å²) in [6.07, 6.45) is 1.84. The quantitative estimate of drug-likeness (QED) is 0.623. The smallest absolute Gasteiger partial charge is 0.204 e. The second-order valence-electron chi connectivity index (χ2n) is 4.99. The minimum atomic E-state index is 0.0324. The fourth-order valence-corrected chi connectivity index (χ4v) is 2.82. The minimum Gasteiger partial charge on any atom is -0.253 e. The molecule has 0 saturated heterocycles. The molecule has 1 aromatic carbocycles. The Labute approximate surface area is 120 Å². The number of fused-ring (bicyclic) bond motifs is 1. The van der Waals surface area contributed by atoms with Crippen molar-refractivity contribution in [2.75, 3.05) is 5.43 Å². The Morgan fingerprint density at radius 1 is 1.33 bits per heavy atom. The number of rotatable bonds is 2. The van der Waals surface area contributed by atoms with E-state index in [2.05, 4.69) is 36.3 Å². The summed E-state index contributed by atoms with van der Waals surface area (Å²) in [6, 6.07) is 3.53. The summed E-state index contributed by atoms with van der Waals surface area (Å²) in [4.78, 5) is 4.38. The van der Waals surface area contributed by atoms with Gasteiger partial charge in [-0.2, -0.15) is 5.10 Å². The normalized spacial score (nSPS) is 12.5. The van der Waals surface area contributed by atoms with Gasteiger partial charge in [0.25, 0.3) is 0 Å². The first-order chi connectivity index (χ1) is 8.35. The molecule has 0 amide bonds. The van der Waals surface area contributed by atoms with Crippen LogP contribution in [0.2, 0.25) is 10.0 Å². The first-order valence-corrected chi connectivity index (χ1v) is 6.98. The number of anilines is 1. The summed E-state index contributed by atoms with van der Waals surface area (Å²) in [5, 5.41) is 6.03. The number of benzene rings is 1. The van der Waals surface area contributed by atoms with Gasteiger partial charge in [-0.25, -0.2) is 4.98 Å². The van der Waals surface area contributed by atoms with Crippen molar-refractivity contribution in [3.63, 3.8) is 0 Å². The number of thiazole rings is 1. The van der Waals surface area contributed by atoms with E-state index in [4.69, 9.17) is 23.2 Å². The van der Waals surface area contributed by atoms with E-state index in [1.807, 2.05) is 12.3 Å². The van der Waals surface area contributed by atoms with Crippen LogP contribution < -0.4 is 5.43 Å². The molecule has 0 radical (unpaired) electrons. The molecule has 1 aromatic heterocycles. The highest BCUT2D eigenvalue weighted by atomic mass is 35.5. The summed E-state index contributed by atoms with van der Waals surface area (Å²) in [5.74, 6) is 0. The van der Waals surface area contributed by atoms with Crippen LogP contribution in [-0.2, 0) is 0 Å². The highest BCUT2D eigenvalue weighted by molar-refractivity contribution is 7.22. The Balaban J connectivity index is 2.26. The lowest BCUT2D eigenvalue weighted by atomic mass is 9.99. The lowest BCUT2D eigenvalue weighted by molar-refractivity contribution is 0.606. The van der Waals surface area contributed by atoms with Crippen LogP contribution in [-0.4, -0.2) is 11.2 Å². The molecule has 0 fully saturated rings. The van der Waals surface area contributed by atoms with Crippen molar-refractivity contribution in [1.82, 2.24) is 4.98 Å². The van der Waals surface area contributed by atoms with Crippen LogP contribution in [0.3, 0.4) is 0 Å². The lowest BCUT2D eigenvalue weighted by Crippen LogP contribution is -2.07. The van der Waals surface area contributed by atoms with Gasteiger partial charge in [-0.15, -0.1) is 0 Å². The second-order valence-corrected chi connectivity index (χ2v) is 6.86. The van der Waals surface area contributed by atoms with E-state index in [1.165, 1.54) is 11.3 Å². The zero-order valence-corrected chi connectivity index (χ0v) is 12.6. The number of nitrogens with one attached hydrogen (secondary N) is 1. The van der Waals surface area contributed by atoms with Crippen LogP contribution in [0.25, 0.3) is 10.2 Å². The molecular weight excluding hydrogens is 289 g/mol. The molecule has 18 heavy (non-hydrogen) atoms. The monoisotopic (exact) mass is 301 g/mol. The first-order valence-electron chi connectivity index (χ1n) is 5.41. The fourth-order valence-electron chi connectivity index (χ4n) is 1.29. The number of nitrogens with zero attached hydrogens (tertiary/aromatic N) is 2. The average molecular weight is 302 g/mol. The zero-order valence-electron chi connectivity index (χ0n) is 10.3. The van der Waals surface area contributed by atoms with E-state index >= 15 is 0 Å². The maximum absolute atomic E-state index is 6.08. The van der Waals surface area contributed by atoms with E-state index < -0.39 is 0 Å². The molecule has 2 aromatic rings. The van der Waals surface area contributed by atoms with Gasteiger partial charge in [-0.05, 0) is 17.5 Å². The Hall–Kier alpha value is -0.840. The van der Waals surface area contributed by atoms with Crippen LogP contribution in [0.15, 0.2) is 17.2 Å². The van der Waals surface area contributed by atoms with Gasteiger partial charge in [0.15, 0.2) is 0 Å². The van der Waals surface area contributed by atoms with E-state index in [0.717, 1.165) is 10.2 Å². The summed E-state index contributed by atoms with van der Waals surface area (Å²) < 4.78 is 0.945. The largest absolute Gasteiger partial charge is 0.253 e. The van der Waals surface area contributed by atoms with Crippen molar-refractivity contribution in [3.05, 3.63) is 22.2 Å². The van der Waals surface area contributed by atoms with Crippen molar-refractivity contribution in [2.45, 2.75) is 20.8 Å². The van der Waals surface area contributed by atoms with Crippen LogP contribution in [0, 0.1) is 5.41 Å². The zero-order chi connectivity index (χ0) is 13.3. The van der Waals surface area contributed by atoms with Crippen LogP contribution >= 0.6 is 34.5 Å². The number of aromatic nitrogens is 1. The first kappa shape index (κ1) is 13.6. The third-order valence-electron chi connectivity index (χ3n) is 2.03. The van der Waals surface area contributed by atoms with Crippen LogP contribution in [0.5, 0.6) is 0 Å². The maximum atomic E-state index is 6.08. The van der Waals surface area contributed by atoms with Crippen molar-refractivity contribution in [2.24, 2.45) is 10.5 Å². The van der Waals surface area contributed by atoms with E-state index in [0.29, 0.717) is 15.2 Å². The summed E-state index contributed by atoms with van der Waals surface area (Å²) in [6.45, 7) is 6.23. The molecule has 96 valence electrons. The van der Waals surface area contributed by atoms with Gasteiger partial charge < -0.3 is 0 Å². The van der Waals surface area contributed by atoms with Gasteiger partial charge in [0, 0.05) is 11.2 Å². The topological polar surface area (TPSA) is 37.3 Å². The molecule has 0 aliphatic carbocycles. The molecule has 3 nitrogen and oxygen atoms in total. The summed E-state index contributed by atoms with van der Waals surface area (Å²) in [5.41, 5.74) is 3.69. The molecule has 1 N–H and O–H groups in total. The van der Waals surface area contributed by atoms with Crippen molar-refractivity contribution >= 4 is 56.1 Å². The maximum Gasteiger partial charge on any atom is 0.204 e. The van der Waals surface area contributed by atoms with E-state index in [1.54, 1.807) is 6.07 Å². The molecule has 1 heterocycles. The van der Waals surface area contributed by atoms with Gasteiger partial charge in [-0.1, -0.05) is 55.3 Å². The number of hydrogen-bond acceptors (Lipinski definition) is 4. The number of hydrogen-bond donors (Lipinski definition) is 1. The van der Waals surface area contributed by atoms with Gasteiger partial charge in [0.1, 0.15) is 5.52 Å². The molecule has 0 unspecified atom stereocenters. The van der Waals surface area contributed by atoms with Crippen LogP contribution in [0.1, 0.15) is 20.8 Å². The summed E-state index contributed by atoms with van der Waals surface area (Å²) in [7, 11) is 0. The van der Waals surface area contributed by atoms with Crippen molar-refractivity contribution in [3.8, 4) is 0 Å². The molecule has 0 bridgehead atoms. The molecule has 6 heteroatoms.